The van der Waals surface area contributed by atoms with Crippen molar-refractivity contribution >= 4 is 11.9 Å². The van der Waals surface area contributed by atoms with Crippen LogP contribution >= 0.6 is 0 Å². The Kier molecular flexibility index (Phi) is 11.7. The van der Waals surface area contributed by atoms with Gasteiger partial charge in [0.1, 0.15) is 0 Å². The molecule has 2 heterocycles. The summed E-state index contributed by atoms with van der Waals surface area (Å²) in [6, 6.07) is 23.1. The van der Waals surface area contributed by atoms with E-state index < -0.39 is 11.9 Å². The third-order valence-corrected chi connectivity index (χ3v) is 5.07. The predicted molar refractivity (Wildman–Crippen MR) is 138 cm³/mol. The van der Waals surface area contributed by atoms with Crippen LogP contribution in [0.3, 0.4) is 0 Å². The first-order valence-corrected chi connectivity index (χ1v) is 11.4. The second-order valence-corrected chi connectivity index (χ2v) is 7.76. The Morgan fingerprint density at radius 2 is 1.11 bits per heavy atom. The lowest BCUT2D eigenvalue weighted by atomic mass is 10.1. The highest BCUT2D eigenvalue weighted by Crippen LogP contribution is 2.06. The van der Waals surface area contributed by atoms with Gasteiger partial charge in [0.2, 0.25) is 0 Å². The van der Waals surface area contributed by atoms with Gasteiger partial charge < -0.3 is 15.4 Å². The summed E-state index contributed by atoms with van der Waals surface area (Å²) < 4.78 is 0.812. The minimum atomic E-state index is -0.977. The smallest absolute Gasteiger partial charge is 0.335 e. The molecule has 2 aromatic heterocycles. The molecule has 0 radical (unpaired) electrons. The maximum atomic E-state index is 10.8. The zero-order valence-electron chi connectivity index (χ0n) is 20.3. The number of pyridine rings is 2. The van der Waals surface area contributed by atoms with Gasteiger partial charge in [0.15, 0.2) is 12.4 Å². The van der Waals surface area contributed by atoms with Crippen molar-refractivity contribution in [2.45, 2.75) is 19.3 Å². The third kappa shape index (κ3) is 10.4. The van der Waals surface area contributed by atoms with Gasteiger partial charge in [-0.2, -0.15) is 15.3 Å². The first kappa shape index (κ1) is 28.7. The van der Waals surface area contributed by atoms with Gasteiger partial charge in [-0.25, -0.2) is 9.59 Å². The van der Waals surface area contributed by atoms with Crippen LogP contribution in [0.4, 0.5) is 0 Å². The number of carboxylic acids is 2. The molecule has 0 aliphatic carbocycles. The summed E-state index contributed by atoms with van der Waals surface area (Å²) in [5.41, 5.74) is 3.85. The van der Waals surface area contributed by atoms with Crippen LogP contribution in [0.5, 0.6) is 0 Å². The first-order valence-electron chi connectivity index (χ1n) is 11.4. The molecule has 38 heavy (non-hydrogen) atoms. The van der Waals surface area contributed by atoms with Crippen molar-refractivity contribution in [3.05, 3.63) is 136 Å². The molecule has 0 atom stereocenters. The molecule has 190 valence electrons. The van der Waals surface area contributed by atoms with E-state index in [9.17, 15) is 14.8 Å². The summed E-state index contributed by atoms with van der Waals surface area (Å²) in [5.74, 6) is -1.95. The lowest BCUT2D eigenvalue weighted by Crippen LogP contribution is -2.23. The maximum absolute atomic E-state index is 10.8. The Balaban J connectivity index is 0.000000206. The number of hydrogen-bond donors (Lipinski definition) is 2. The van der Waals surface area contributed by atoms with Gasteiger partial charge >= 0.3 is 11.9 Å². The van der Waals surface area contributed by atoms with E-state index in [1.54, 1.807) is 12.4 Å². The quantitative estimate of drug-likeness (QED) is 0.286. The van der Waals surface area contributed by atoms with Crippen LogP contribution in [0, 0.1) is 27.9 Å². The van der Waals surface area contributed by atoms with Crippen LogP contribution in [0.2, 0.25) is 0 Å². The summed E-state index contributed by atoms with van der Waals surface area (Å²) >= 11 is 0. The summed E-state index contributed by atoms with van der Waals surface area (Å²) in [6.07, 6.45) is 9.87. The van der Waals surface area contributed by atoms with Crippen LogP contribution in [-0.2, 0) is 12.8 Å². The molecule has 4 aromatic rings. The standard InChI is InChI=1S/C13H14N2O.2C8H5NO2/c16-15-10-6-13(7-11-15)3-1-2-12-4-8-14-9-5-12;2*9-5-6-1-3-7(4-2-6)8(10)11/h4-11H,1-3H2;2*1-4H,(H,10,11). The number of benzene rings is 2. The monoisotopic (exact) mass is 508 g/mol. The van der Waals surface area contributed by atoms with E-state index in [2.05, 4.69) is 4.98 Å². The van der Waals surface area contributed by atoms with Crippen molar-refractivity contribution in [2.24, 2.45) is 0 Å². The zero-order chi connectivity index (χ0) is 27.8. The van der Waals surface area contributed by atoms with E-state index in [1.807, 2.05) is 48.8 Å². The second kappa shape index (κ2) is 15.5. The first-order chi connectivity index (χ1) is 18.3. The van der Waals surface area contributed by atoms with Gasteiger partial charge in [-0.05, 0) is 91.1 Å². The molecule has 2 aromatic carbocycles. The van der Waals surface area contributed by atoms with Crippen LogP contribution in [-0.4, -0.2) is 27.1 Å². The maximum Gasteiger partial charge on any atom is 0.335 e. The fraction of sp³-hybridized carbons (Fsp3) is 0.103. The largest absolute Gasteiger partial charge is 0.619 e. The molecule has 0 amide bonds. The number of hydrogen-bond acceptors (Lipinski definition) is 6. The molecule has 0 bridgehead atoms. The van der Waals surface area contributed by atoms with Gasteiger partial charge in [0, 0.05) is 24.5 Å². The molecule has 0 saturated heterocycles. The minimum absolute atomic E-state index is 0.198. The molecule has 0 aliphatic rings. The Labute approximate surface area is 219 Å². The number of aryl methyl sites for hydroxylation is 2. The molecule has 2 N–H and O–H groups in total. The van der Waals surface area contributed by atoms with Crippen LogP contribution in [0.15, 0.2) is 97.6 Å². The Bertz CT molecular complexity index is 1320. The highest BCUT2D eigenvalue weighted by Gasteiger charge is 2.01. The molecular weight excluding hydrogens is 484 g/mol. The van der Waals surface area contributed by atoms with Crippen LogP contribution < -0.4 is 4.73 Å². The summed E-state index contributed by atoms with van der Waals surface area (Å²) in [4.78, 5) is 24.6. The van der Waals surface area contributed by atoms with Crippen molar-refractivity contribution < 1.29 is 24.5 Å². The van der Waals surface area contributed by atoms with Crippen molar-refractivity contribution in [2.75, 3.05) is 0 Å². The Morgan fingerprint density at radius 1 is 0.711 bits per heavy atom. The number of aromatic carboxylic acids is 2. The Morgan fingerprint density at radius 3 is 1.47 bits per heavy atom. The van der Waals surface area contributed by atoms with Crippen molar-refractivity contribution in [3.8, 4) is 12.1 Å². The zero-order valence-corrected chi connectivity index (χ0v) is 20.3. The number of aromatic nitrogens is 2. The Hall–Kier alpha value is -5.54. The van der Waals surface area contributed by atoms with E-state index in [0.717, 1.165) is 24.0 Å². The molecule has 0 spiro atoms. The van der Waals surface area contributed by atoms with Crippen molar-refractivity contribution in [1.29, 1.82) is 10.5 Å². The molecular formula is C29H24N4O5. The SMILES string of the molecule is N#Cc1ccc(C(=O)O)cc1.N#Cc1ccc(C(=O)O)cc1.[O-][n+]1ccc(CCCc2ccncc2)cc1. The average Bonchev–Trinajstić information content (AvgIpc) is 2.95. The lowest BCUT2D eigenvalue weighted by molar-refractivity contribution is -0.605. The predicted octanol–water partition coefficient (Wildman–Crippen LogP) is 4.40. The van der Waals surface area contributed by atoms with E-state index in [0.29, 0.717) is 11.1 Å². The molecule has 9 heteroatoms. The van der Waals surface area contributed by atoms with Gasteiger partial charge in [-0.1, -0.05) is 0 Å². The molecule has 9 nitrogen and oxygen atoms in total. The molecule has 0 saturated carbocycles. The van der Waals surface area contributed by atoms with Crippen molar-refractivity contribution in [1.82, 2.24) is 4.98 Å². The molecule has 0 aliphatic heterocycles. The van der Waals surface area contributed by atoms with E-state index >= 15 is 0 Å². The van der Waals surface area contributed by atoms with Gasteiger partial charge in [-0.15, -0.1) is 0 Å². The number of carboxylic acid groups (broad SMARTS) is 2. The minimum Gasteiger partial charge on any atom is -0.619 e. The number of nitriles is 2. The highest BCUT2D eigenvalue weighted by molar-refractivity contribution is 5.88. The van der Waals surface area contributed by atoms with Crippen LogP contribution in [0.1, 0.15) is 49.4 Å². The molecule has 0 unspecified atom stereocenters. The van der Waals surface area contributed by atoms with Gasteiger partial charge in [-0.3, -0.25) is 4.98 Å². The van der Waals surface area contributed by atoms with Crippen molar-refractivity contribution in [3.63, 3.8) is 0 Å². The average molecular weight is 509 g/mol. The molecule has 4 rings (SSSR count). The van der Waals surface area contributed by atoms with E-state index in [4.69, 9.17) is 20.7 Å². The topological polar surface area (TPSA) is 162 Å². The highest BCUT2D eigenvalue weighted by atomic mass is 16.5. The number of carbonyl (C=O) groups is 2. The van der Waals surface area contributed by atoms with E-state index in [1.165, 1.54) is 59.7 Å². The normalized spacial score (nSPS) is 9.32. The van der Waals surface area contributed by atoms with E-state index in [-0.39, 0.29) is 11.1 Å². The molecule has 0 fully saturated rings. The second-order valence-electron chi connectivity index (χ2n) is 7.76. The number of nitrogens with zero attached hydrogens (tertiary/aromatic N) is 4. The summed E-state index contributed by atoms with van der Waals surface area (Å²) in [6.45, 7) is 0. The van der Waals surface area contributed by atoms with Gasteiger partial charge in [0.25, 0.3) is 0 Å². The third-order valence-electron chi connectivity index (χ3n) is 5.07. The lowest BCUT2D eigenvalue weighted by Gasteiger charge is -2.02. The fourth-order valence-electron chi connectivity index (χ4n) is 3.03. The number of rotatable bonds is 6. The van der Waals surface area contributed by atoms with Crippen LogP contribution in [0.25, 0.3) is 0 Å². The summed E-state index contributed by atoms with van der Waals surface area (Å²) in [7, 11) is 0. The fourth-order valence-corrected chi connectivity index (χ4v) is 3.03. The summed E-state index contributed by atoms with van der Waals surface area (Å²) in [5, 5.41) is 44.5. The van der Waals surface area contributed by atoms with Gasteiger partial charge in [0.05, 0.1) is 34.4 Å².